The van der Waals surface area contributed by atoms with Crippen molar-refractivity contribution >= 4 is 39.5 Å². The summed E-state index contributed by atoms with van der Waals surface area (Å²) < 4.78 is 68.3. The number of allylic oxidation sites excluding steroid dienone is 24. The van der Waals surface area contributed by atoms with Gasteiger partial charge < -0.3 is 33.8 Å². The molecular formula is C79H130O17P2. The van der Waals surface area contributed by atoms with Gasteiger partial charge in [0.15, 0.2) is 12.2 Å². The molecule has 0 bridgehead atoms. The molecular weight excluding hydrogens is 1280 g/mol. The van der Waals surface area contributed by atoms with Crippen LogP contribution < -0.4 is 0 Å². The Bertz CT molecular complexity index is 2430. The number of carbonyl (C=O) groups is 4. The maximum atomic E-state index is 13.1. The number of phosphoric ester groups is 2. The van der Waals surface area contributed by atoms with Crippen molar-refractivity contribution in [1.82, 2.24) is 0 Å². The van der Waals surface area contributed by atoms with E-state index in [1.807, 2.05) is 0 Å². The predicted molar refractivity (Wildman–Crippen MR) is 399 cm³/mol. The minimum absolute atomic E-state index is 0.0290. The number of phosphoric acid groups is 2. The Morgan fingerprint density at radius 3 is 0.847 bits per heavy atom. The fourth-order valence-corrected chi connectivity index (χ4v) is 10.8. The van der Waals surface area contributed by atoms with Crippen LogP contribution in [0.5, 0.6) is 0 Å². The Morgan fingerprint density at radius 1 is 0.296 bits per heavy atom. The molecule has 0 aromatic rings. The molecule has 0 aromatic carbocycles. The van der Waals surface area contributed by atoms with E-state index in [4.69, 9.17) is 37.0 Å². The largest absolute Gasteiger partial charge is 0.472 e. The van der Waals surface area contributed by atoms with E-state index in [0.29, 0.717) is 32.1 Å². The summed E-state index contributed by atoms with van der Waals surface area (Å²) in [5.74, 6) is -2.30. The SMILES string of the molecule is CC/C=C\C/C=C\C/C=C\C/C=C\CCCCC(=O)OCC(COP(=O)(O)OCC(O)COP(=O)(O)OCC(COC(=O)CCCCCCCCC/C=C\C/C=C\C/C=C\CC)OC(=O)CCCCCCC/C=C\CCCC)OC(=O)CCCC/C=C\C/C=C\C/C=C\C/C=C\CC. The third-order valence-electron chi connectivity index (χ3n) is 14.8. The molecule has 5 unspecified atom stereocenters. The number of hydrogen-bond donors (Lipinski definition) is 3. The fourth-order valence-electron chi connectivity index (χ4n) is 9.20. The average molecular weight is 1410 g/mol. The van der Waals surface area contributed by atoms with Crippen molar-refractivity contribution in [2.45, 2.75) is 290 Å². The molecule has 0 saturated carbocycles. The van der Waals surface area contributed by atoms with Gasteiger partial charge in [0.25, 0.3) is 0 Å². The Balaban J connectivity index is 5.41. The van der Waals surface area contributed by atoms with E-state index < -0.39 is 97.5 Å². The first-order chi connectivity index (χ1) is 47.7. The third kappa shape index (κ3) is 69.4. The Labute approximate surface area is 592 Å². The van der Waals surface area contributed by atoms with Crippen LogP contribution in [-0.2, 0) is 65.4 Å². The Kier molecular flexibility index (Phi) is 66.7. The number of ether oxygens (including phenoxy) is 4. The lowest BCUT2D eigenvalue weighted by atomic mass is 10.1. The zero-order valence-electron chi connectivity index (χ0n) is 60.7. The van der Waals surface area contributed by atoms with E-state index in [2.05, 4.69) is 174 Å². The smallest absolute Gasteiger partial charge is 0.462 e. The summed E-state index contributed by atoms with van der Waals surface area (Å²) in [7, 11) is -9.98. The summed E-state index contributed by atoms with van der Waals surface area (Å²) in [5.41, 5.74) is 0. The third-order valence-corrected chi connectivity index (χ3v) is 16.7. The highest BCUT2D eigenvalue weighted by molar-refractivity contribution is 7.47. The van der Waals surface area contributed by atoms with Crippen molar-refractivity contribution in [3.05, 3.63) is 146 Å². The van der Waals surface area contributed by atoms with E-state index in [0.717, 1.165) is 173 Å². The molecule has 19 heteroatoms. The normalized spacial score (nSPS) is 14.8. The lowest BCUT2D eigenvalue weighted by Crippen LogP contribution is -2.30. The number of aliphatic hydroxyl groups excluding tert-OH is 1. The van der Waals surface area contributed by atoms with Crippen molar-refractivity contribution in [1.29, 1.82) is 0 Å². The molecule has 17 nitrogen and oxygen atoms in total. The molecule has 0 spiro atoms. The standard InChI is InChI=1S/C79H130O17P2/c1-5-9-13-17-21-25-29-32-35-36-39-41-45-48-52-56-60-64-77(82)89-69-74(95-78(83)65-61-57-53-49-43-28-24-20-16-12-8-4)71-93-97(85,86)91-67-73(80)68-92-98(87,88)94-72-75(96-79(84)66-62-58-54-50-46-42-38-34-31-27-23-19-15-11-7-3)70-90-76(81)63-59-55-51-47-44-40-37-33-30-26-22-18-14-10-6-2/h9-11,13-15,20-27,32-35,37-38,44,46-47,50,73-75,80H,5-8,12,16-19,28-31,36,39-43,45,48-49,51-72H2,1-4H3,(H,85,86)(H,87,88)/b13-9-,14-10-,15-11-,24-20-,25-21-,26-22-,27-23-,35-32-,37-33-,38-34-,47-44-,50-46-. The van der Waals surface area contributed by atoms with E-state index in [9.17, 15) is 43.2 Å². The van der Waals surface area contributed by atoms with Gasteiger partial charge >= 0.3 is 39.5 Å². The second-order valence-electron chi connectivity index (χ2n) is 24.1. The van der Waals surface area contributed by atoms with Crippen LogP contribution in [0.3, 0.4) is 0 Å². The lowest BCUT2D eigenvalue weighted by Gasteiger charge is -2.21. The fraction of sp³-hybridized carbons (Fsp3) is 0.646. The van der Waals surface area contributed by atoms with Crippen LogP contribution in [0.15, 0.2) is 146 Å². The zero-order chi connectivity index (χ0) is 71.8. The van der Waals surface area contributed by atoms with E-state index in [1.54, 1.807) is 0 Å². The molecule has 558 valence electrons. The summed E-state index contributed by atoms with van der Waals surface area (Å²) in [6, 6.07) is 0. The highest BCUT2D eigenvalue weighted by Gasteiger charge is 2.30. The van der Waals surface area contributed by atoms with Crippen LogP contribution in [0.1, 0.15) is 272 Å². The summed E-state index contributed by atoms with van der Waals surface area (Å²) in [5, 5.41) is 10.6. The summed E-state index contributed by atoms with van der Waals surface area (Å²) in [4.78, 5) is 72.7. The quantitative estimate of drug-likeness (QED) is 0.0169. The summed E-state index contributed by atoms with van der Waals surface area (Å²) in [6.45, 7) is 4.35. The Morgan fingerprint density at radius 2 is 0.531 bits per heavy atom. The maximum absolute atomic E-state index is 13.1. The first-order valence-electron chi connectivity index (χ1n) is 37.1. The number of carbonyl (C=O) groups excluding carboxylic acids is 4. The van der Waals surface area contributed by atoms with Gasteiger partial charge in [-0.2, -0.15) is 0 Å². The number of aliphatic hydroxyl groups is 1. The highest BCUT2D eigenvalue weighted by atomic mass is 31.2. The van der Waals surface area contributed by atoms with Gasteiger partial charge in [-0.1, -0.05) is 238 Å². The molecule has 0 rings (SSSR count). The monoisotopic (exact) mass is 1410 g/mol. The molecule has 0 fully saturated rings. The average Bonchev–Trinajstić information content (AvgIpc) is 0.982. The van der Waals surface area contributed by atoms with Crippen LogP contribution in [0.2, 0.25) is 0 Å². The van der Waals surface area contributed by atoms with Gasteiger partial charge in [0.05, 0.1) is 26.4 Å². The molecule has 0 radical (unpaired) electrons. The van der Waals surface area contributed by atoms with Crippen molar-refractivity contribution in [2.24, 2.45) is 0 Å². The molecule has 0 amide bonds. The number of rotatable bonds is 68. The Hall–Kier alpha value is -5.06. The predicted octanol–water partition coefficient (Wildman–Crippen LogP) is 21.1. The van der Waals surface area contributed by atoms with Crippen LogP contribution in [0.25, 0.3) is 0 Å². The number of hydrogen-bond acceptors (Lipinski definition) is 15. The van der Waals surface area contributed by atoms with Crippen LogP contribution in [0.4, 0.5) is 0 Å². The second kappa shape index (κ2) is 70.4. The summed E-state index contributed by atoms with van der Waals surface area (Å²) >= 11 is 0. The molecule has 98 heavy (non-hydrogen) atoms. The maximum Gasteiger partial charge on any atom is 0.472 e. The first kappa shape index (κ1) is 92.9. The van der Waals surface area contributed by atoms with Gasteiger partial charge in [-0.3, -0.25) is 37.3 Å². The van der Waals surface area contributed by atoms with E-state index in [1.165, 1.54) is 12.8 Å². The van der Waals surface area contributed by atoms with Gasteiger partial charge in [0, 0.05) is 25.7 Å². The van der Waals surface area contributed by atoms with Crippen LogP contribution in [-0.4, -0.2) is 96.7 Å². The van der Waals surface area contributed by atoms with Crippen molar-refractivity contribution in [2.75, 3.05) is 39.6 Å². The second-order valence-corrected chi connectivity index (χ2v) is 27.0. The van der Waals surface area contributed by atoms with Crippen molar-refractivity contribution in [3.8, 4) is 0 Å². The highest BCUT2D eigenvalue weighted by Crippen LogP contribution is 2.45. The zero-order valence-corrected chi connectivity index (χ0v) is 62.4. The first-order valence-corrected chi connectivity index (χ1v) is 40.1. The molecule has 3 N–H and O–H groups in total. The van der Waals surface area contributed by atoms with Crippen LogP contribution in [0, 0.1) is 0 Å². The molecule has 0 aromatic heterocycles. The van der Waals surface area contributed by atoms with Crippen molar-refractivity contribution < 1.29 is 80.2 Å². The van der Waals surface area contributed by atoms with Crippen LogP contribution >= 0.6 is 15.6 Å². The van der Waals surface area contributed by atoms with E-state index >= 15 is 0 Å². The van der Waals surface area contributed by atoms with Gasteiger partial charge in [0.1, 0.15) is 19.3 Å². The molecule has 0 aliphatic heterocycles. The topological polar surface area (TPSA) is 237 Å². The van der Waals surface area contributed by atoms with Gasteiger partial charge in [-0.25, -0.2) is 9.13 Å². The lowest BCUT2D eigenvalue weighted by molar-refractivity contribution is -0.161. The molecule has 0 saturated heterocycles. The van der Waals surface area contributed by atoms with Gasteiger partial charge in [-0.05, 0) is 154 Å². The number of unbranched alkanes of at least 4 members (excludes halogenated alkanes) is 18. The van der Waals surface area contributed by atoms with E-state index in [-0.39, 0.29) is 25.7 Å². The molecule has 5 atom stereocenters. The van der Waals surface area contributed by atoms with Gasteiger partial charge in [0.2, 0.25) is 0 Å². The molecule has 0 aliphatic carbocycles. The minimum Gasteiger partial charge on any atom is -0.462 e. The van der Waals surface area contributed by atoms with Gasteiger partial charge in [-0.15, -0.1) is 0 Å². The minimum atomic E-state index is -5.00. The summed E-state index contributed by atoms with van der Waals surface area (Å²) in [6.07, 6.45) is 78.6. The molecule has 0 heterocycles. The molecule has 0 aliphatic rings. The van der Waals surface area contributed by atoms with Crippen molar-refractivity contribution in [3.63, 3.8) is 0 Å². The number of esters is 4.